The third-order valence-electron chi connectivity index (χ3n) is 4.33. The van der Waals surface area contributed by atoms with Crippen molar-refractivity contribution >= 4 is 10.0 Å². The molecule has 122 valence electrons. The van der Waals surface area contributed by atoms with E-state index in [9.17, 15) is 8.42 Å². The number of nitrogens with zero attached hydrogens (tertiary/aromatic N) is 3. The van der Waals surface area contributed by atoms with Crippen molar-refractivity contribution in [3.05, 3.63) is 36.2 Å². The molecule has 4 rings (SSSR count). The summed E-state index contributed by atoms with van der Waals surface area (Å²) in [4.78, 5) is 4.14. The summed E-state index contributed by atoms with van der Waals surface area (Å²) in [5.41, 5.74) is -1.19. The zero-order valence-corrected chi connectivity index (χ0v) is 13.2. The maximum atomic E-state index is 15.1. The summed E-state index contributed by atoms with van der Waals surface area (Å²) < 4.78 is 45.9. The lowest BCUT2D eigenvalue weighted by molar-refractivity contribution is 0.127. The number of hydrogen-bond donors (Lipinski definition) is 0. The van der Waals surface area contributed by atoms with Crippen LogP contribution in [0, 0.1) is 0 Å². The molecule has 0 N–H and O–H groups in total. The van der Waals surface area contributed by atoms with E-state index in [1.165, 1.54) is 4.31 Å². The van der Waals surface area contributed by atoms with E-state index < -0.39 is 15.7 Å². The highest BCUT2D eigenvalue weighted by atomic mass is 32.2. The van der Waals surface area contributed by atoms with Crippen LogP contribution in [-0.2, 0) is 15.7 Å². The molecule has 1 aromatic heterocycles. The van der Waals surface area contributed by atoms with Crippen LogP contribution in [0.4, 0.5) is 4.39 Å². The molecule has 2 aliphatic rings. The summed E-state index contributed by atoms with van der Waals surface area (Å²) in [6.45, 7) is -0.0966. The molecule has 0 bridgehead atoms. The van der Waals surface area contributed by atoms with Gasteiger partial charge in [0, 0.05) is 18.5 Å². The first-order valence-corrected chi connectivity index (χ1v) is 9.07. The Kier molecular flexibility index (Phi) is 3.28. The molecular weight excluding hydrogens is 321 g/mol. The molecule has 0 amide bonds. The Hall–Kier alpha value is -1.80. The Bertz CT molecular complexity index is 820. The number of benzene rings is 1. The Morgan fingerprint density at radius 3 is 2.70 bits per heavy atom. The molecule has 2 fully saturated rings. The Morgan fingerprint density at radius 2 is 2.00 bits per heavy atom. The zero-order chi connectivity index (χ0) is 16.1. The van der Waals surface area contributed by atoms with Gasteiger partial charge >= 0.3 is 0 Å². The number of sulfonamides is 1. The van der Waals surface area contributed by atoms with Crippen molar-refractivity contribution in [2.45, 2.75) is 30.2 Å². The van der Waals surface area contributed by atoms with Gasteiger partial charge in [-0.3, -0.25) is 0 Å². The van der Waals surface area contributed by atoms with Gasteiger partial charge in [0.15, 0.2) is 0 Å². The van der Waals surface area contributed by atoms with Gasteiger partial charge in [-0.25, -0.2) is 12.8 Å². The molecule has 2 heterocycles. The third kappa shape index (κ3) is 2.55. The lowest BCUT2D eigenvalue weighted by Crippen LogP contribution is -2.34. The maximum Gasteiger partial charge on any atom is 0.266 e. The molecule has 1 aromatic carbocycles. The van der Waals surface area contributed by atoms with E-state index >= 15 is 4.39 Å². The van der Waals surface area contributed by atoms with Gasteiger partial charge in [-0.1, -0.05) is 35.5 Å². The highest BCUT2D eigenvalue weighted by Crippen LogP contribution is 2.40. The second kappa shape index (κ2) is 5.10. The van der Waals surface area contributed by atoms with Gasteiger partial charge in [-0.2, -0.15) is 9.29 Å². The van der Waals surface area contributed by atoms with E-state index in [0.29, 0.717) is 18.7 Å². The lowest BCUT2D eigenvalue weighted by atomic mass is 10.1. The molecule has 1 saturated heterocycles. The van der Waals surface area contributed by atoms with Crippen LogP contribution in [0.25, 0.3) is 11.4 Å². The summed E-state index contributed by atoms with van der Waals surface area (Å²) in [5, 5.41) is 3.48. The van der Waals surface area contributed by atoms with E-state index in [1.807, 2.05) is 18.2 Å². The van der Waals surface area contributed by atoms with Gasteiger partial charge in [0.1, 0.15) is 0 Å². The van der Waals surface area contributed by atoms with E-state index in [4.69, 9.17) is 4.52 Å². The van der Waals surface area contributed by atoms with E-state index in [1.54, 1.807) is 12.1 Å². The summed E-state index contributed by atoms with van der Waals surface area (Å²) in [6.07, 6.45) is 1.36. The summed E-state index contributed by atoms with van der Waals surface area (Å²) in [5.74, 6) is 0.158. The van der Waals surface area contributed by atoms with Crippen LogP contribution in [-0.4, -0.2) is 41.2 Å². The Labute approximate surface area is 133 Å². The van der Waals surface area contributed by atoms with Gasteiger partial charge in [0.05, 0.1) is 11.8 Å². The minimum atomic E-state index is -3.39. The predicted octanol–water partition coefficient (Wildman–Crippen LogP) is 2.10. The average Bonchev–Trinajstić information content (AvgIpc) is 3.15. The first kappa shape index (κ1) is 14.8. The van der Waals surface area contributed by atoms with Gasteiger partial charge in [0.2, 0.25) is 21.5 Å². The van der Waals surface area contributed by atoms with Crippen LogP contribution in [0.1, 0.15) is 25.2 Å². The van der Waals surface area contributed by atoms with Crippen LogP contribution in [0.3, 0.4) is 0 Å². The standard InChI is InChI=1S/C15H16FN3O3S/c16-15(8-9-19(10-15)23(20,21)12-6-7-12)14-17-13(18-22-14)11-4-2-1-3-5-11/h1-5,12H,6-10H2. The van der Waals surface area contributed by atoms with Crippen molar-refractivity contribution in [1.82, 2.24) is 14.4 Å². The largest absolute Gasteiger partial charge is 0.335 e. The smallest absolute Gasteiger partial charge is 0.266 e. The molecule has 8 heteroatoms. The number of rotatable bonds is 4. The summed E-state index contributed by atoms with van der Waals surface area (Å²) in [7, 11) is -3.39. The highest BCUT2D eigenvalue weighted by molar-refractivity contribution is 7.90. The van der Waals surface area contributed by atoms with Gasteiger partial charge in [-0.15, -0.1) is 0 Å². The van der Waals surface area contributed by atoms with E-state index in [-0.39, 0.29) is 30.7 Å². The van der Waals surface area contributed by atoms with Crippen LogP contribution >= 0.6 is 0 Å². The Balaban J connectivity index is 1.58. The fraction of sp³-hybridized carbons (Fsp3) is 0.467. The number of aromatic nitrogens is 2. The van der Waals surface area contributed by atoms with Crippen molar-refractivity contribution < 1.29 is 17.3 Å². The van der Waals surface area contributed by atoms with Crippen LogP contribution in [0.15, 0.2) is 34.9 Å². The predicted molar refractivity (Wildman–Crippen MR) is 80.7 cm³/mol. The SMILES string of the molecule is O=S(=O)(C1CC1)N1CCC(F)(c2nc(-c3ccccc3)no2)C1. The van der Waals surface area contributed by atoms with Gasteiger partial charge in [-0.05, 0) is 12.8 Å². The zero-order valence-electron chi connectivity index (χ0n) is 12.4. The van der Waals surface area contributed by atoms with Crippen LogP contribution < -0.4 is 0 Å². The first-order valence-electron chi connectivity index (χ1n) is 7.56. The number of halogens is 1. The fourth-order valence-electron chi connectivity index (χ4n) is 2.82. The molecule has 1 unspecified atom stereocenters. The Morgan fingerprint density at radius 1 is 1.26 bits per heavy atom. The molecule has 1 saturated carbocycles. The number of hydrogen-bond acceptors (Lipinski definition) is 5. The minimum Gasteiger partial charge on any atom is -0.335 e. The highest BCUT2D eigenvalue weighted by Gasteiger charge is 2.51. The lowest BCUT2D eigenvalue weighted by Gasteiger charge is -2.17. The monoisotopic (exact) mass is 337 g/mol. The molecule has 1 aliphatic heterocycles. The average molecular weight is 337 g/mol. The molecule has 2 aromatic rings. The normalized spacial score (nSPS) is 25.8. The summed E-state index contributed by atoms with van der Waals surface area (Å²) in [6, 6.07) is 9.13. The van der Waals surface area contributed by atoms with Crippen LogP contribution in [0.5, 0.6) is 0 Å². The van der Waals surface area contributed by atoms with E-state index in [0.717, 1.165) is 5.56 Å². The molecule has 1 aliphatic carbocycles. The second-order valence-corrected chi connectivity index (χ2v) is 8.30. The molecule has 23 heavy (non-hydrogen) atoms. The third-order valence-corrected chi connectivity index (χ3v) is 6.68. The van der Waals surface area contributed by atoms with Gasteiger partial charge in [0.25, 0.3) is 5.89 Å². The topological polar surface area (TPSA) is 76.3 Å². The first-order chi connectivity index (χ1) is 11.0. The number of alkyl halides is 1. The second-order valence-electron chi connectivity index (χ2n) is 6.08. The van der Waals surface area contributed by atoms with Crippen LogP contribution in [0.2, 0.25) is 0 Å². The maximum absolute atomic E-state index is 15.1. The van der Waals surface area contributed by atoms with Crippen molar-refractivity contribution in [3.63, 3.8) is 0 Å². The van der Waals surface area contributed by atoms with Crippen molar-refractivity contribution in [2.24, 2.45) is 0 Å². The minimum absolute atomic E-state index is 0.0371. The molecular formula is C15H16FN3O3S. The molecule has 0 spiro atoms. The molecule has 0 radical (unpaired) electrons. The van der Waals surface area contributed by atoms with Crippen molar-refractivity contribution in [2.75, 3.05) is 13.1 Å². The summed E-state index contributed by atoms with van der Waals surface area (Å²) >= 11 is 0. The molecule has 1 atom stereocenters. The van der Waals surface area contributed by atoms with E-state index in [2.05, 4.69) is 10.1 Å². The van der Waals surface area contributed by atoms with Gasteiger partial charge < -0.3 is 4.52 Å². The van der Waals surface area contributed by atoms with Crippen molar-refractivity contribution in [3.8, 4) is 11.4 Å². The molecule has 6 nitrogen and oxygen atoms in total. The quantitative estimate of drug-likeness (QED) is 0.854. The fourth-order valence-corrected chi connectivity index (χ4v) is 4.70. The van der Waals surface area contributed by atoms with Crippen molar-refractivity contribution in [1.29, 1.82) is 0 Å².